The zero-order valence-corrected chi connectivity index (χ0v) is 23.3. The summed E-state index contributed by atoms with van der Waals surface area (Å²) in [5.74, 6) is -1.67. The third-order valence-electron chi connectivity index (χ3n) is 8.38. The van der Waals surface area contributed by atoms with Gasteiger partial charge in [0.05, 0.1) is 31.0 Å². The van der Waals surface area contributed by atoms with Gasteiger partial charge in [-0.25, -0.2) is 0 Å². The molecule has 3 fully saturated rings. The van der Waals surface area contributed by atoms with Gasteiger partial charge in [-0.15, -0.1) is 0 Å². The number of nitrogens with zero attached hydrogens (tertiary/aromatic N) is 1. The standard InChI is InChI=1S/C26H45NO10/c1-14-11-26(33-9,37-16(3)15(14)2)22(32-8)23(30)27(6)24-20-19(34-13-35-24)21(31-7)25(4,5)18(36-20)10-17(29)12-28/h15-22,24,28-29H,1,10-13H2,2-9H3/t15-,16-,17-,18-,19+,20+,21-,22-,24+,26-/m1/s1. The number of ether oxygens (including phenoxy) is 7. The van der Waals surface area contributed by atoms with Crippen molar-refractivity contribution in [1.29, 1.82) is 0 Å². The number of carbonyl (C=O) groups is 1. The van der Waals surface area contributed by atoms with Crippen molar-refractivity contribution in [3.05, 3.63) is 12.2 Å². The van der Waals surface area contributed by atoms with Crippen LogP contribution in [0.2, 0.25) is 0 Å². The first-order valence-electron chi connectivity index (χ1n) is 12.8. The molecule has 0 aromatic rings. The van der Waals surface area contributed by atoms with Crippen molar-refractivity contribution in [2.75, 3.05) is 41.8 Å². The van der Waals surface area contributed by atoms with Crippen molar-refractivity contribution in [2.45, 2.75) is 95.3 Å². The van der Waals surface area contributed by atoms with Gasteiger partial charge in [-0.05, 0) is 6.92 Å². The molecule has 3 heterocycles. The van der Waals surface area contributed by atoms with E-state index in [1.807, 2.05) is 27.7 Å². The Bertz CT molecular complexity index is 808. The molecule has 3 aliphatic heterocycles. The summed E-state index contributed by atoms with van der Waals surface area (Å²) in [5.41, 5.74) is 0.348. The van der Waals surface area contributed by atoms with Crippen LogP contribution in [0.5, 0.6) is 0 Å². The van der Waals surface area contributed by atoms with Gasteiger partial charge in [0.1, 0.15) is 19.0 Å². The van der Waals surface area contributed by atoms with E-state index in [-0.39, 0.29) is 25.2 Å². The van der Waals surface area contributed by atoms with Crippen LogP contribution < -0.4 is 0 Å². The van der Waals surface area contributed by atoms with E-state index in [1.165, 1.54) is 19.1 Å². The maximum absolute atomic E-state index is 13.9. The number of hydrogen-bond donors (Lipinski definition) is 2. The van der Waals surface area contributed by atoms with Crippen LogP contribution in [-0.4, -0.2) is 118 Å². The Morgan fingerprint density at radius 1 is 1.22 bits per heavy atom. The molecule has 11 heteroatoms. The first kappa shape index (κ1) is 30.4. The Labute approximate surface area is 219 Å². The van der Waals surface area contributed by atoms with E-state index in [9.17, 15) is 15.0 Å². The Morgan fingerprint density at radius 2 is 1.89 bits per heavy atom. The van der Waals surface area contributed by atoms with Gasteiger partial charge in [0.2, 0.25) is 5.79 Å². The third kappa shape index (κ3) is 5.61. The highest BCUT2D eigenvalue weighted by Crippen LogP contribution is 2.45. The maximum atomic E-state index is 13.9. The minimum absolute atomic E-state index is 0.0678. The Kier molecular flexibility index (Phi) is 9.80. The molecule has 3 rings (SSSR count). The lowest BCUT2D eigenvalue weighted by atomic mass is 9.72. The van der Waals surface area contributed by atoms with E-state index in [4.69, 9.17) is 33.2 Å². The second-order valence-corrected chi connectivity index (χ2v) is 11.0. The molecule has 0 aliphatic carbocycles. The van der Waals surface area contributed by atoms with Crippen molar-refractivity contribution in [1.82, 2.24) is 4.90 Å². The van der Waals surface area contributed by atoms with E-state index in [1.54, 1.807) is 14.2 Å². The number of amides is 1. The zero-order chi connectivity index (χ0) is 27.7. The lowest BCUT2D eigenvalue weighted by Crippen LogP contribution is -2.69. The average Bonchev–Trinajstić information content (AvgIpc) is 2.86. The molecule has 0 aromatic heterocycles. The number of hydrogen-bond acceptors (Lipinski definition) is 10. The number of rotatable bonds is 9. The molecule has 1 amide bonds. The van der Waals surface area contributed by atoms with Crippen molar-refractivity contribution < 1.29 is 48.2 Å². The summed E-state index contributed by atoms with van der Waals surface area (Å²) in [6, 6.07) is 0. The van der Waals surface area contributed by atoms with Crippen LogP contribution in [0.1, 0.15) is 40.5 Å². The fraction of sp³-hybridized carbons (Fsp3) is 0.885. The van der Waals surface area contributed by atoms with E-state index >= 15 is 0 Å². The maximum Gasteiger partial charge on any atom is 0.259 e. The fourth-order valence-corrected chi connectivity index (χ4v) is 5.79. The number of fused-ring (bicyclic) bond motifs is 1. The Morgan fingerprint density at radius 3 is 2.43 bits per heavy atom. The molecule has 214 valence electrons. The van der Waals surface area contributed by atoms with E-state index in [0.29, 0.717) is 6.42 Å². The van der Waals surface area contributed by atoms with Gasteiger partial charge in [-0.2, -0.15) is 0 Å². The highest BCUT2D eigenvalue weighted by molar-refractivity contribution is 5.82. The zero-order valence-electron chi connectivity index (χ0n) is 23.3. The van der Waals surface area contributed by atoms with Gasteiger partial charge in [-0.3, -0.25) is 4.79 Å². The van der Waals surface area contributed by atoms with Crippen LogP contribution in [0.4, 0.5) is 0 Å². The van der Waals surface area contributed by atoms with E-state index in [0.717, 1.165) is 5.57 Å². The summed E-state index contributed by atoms with van der Waals surface area (Å²) in [5, 5.41) is 19.6. The summed E-state index contributed by atoms with van der Waals surface area (Å²) >= 11 is 0. The lowest BCUT2D eigenvalue weighted by Gasteiger charge is -2.55. The smallest absolute Gasteiger partial charge is 0.259 e. The lowest BCUT2D eigenvalue weighted by molar-refractivity contribution is -0.346. The predicted octanol–water partition coefficient (Wildman–Crippen LogP) is 1.05. The minimum Gasteiger partial charge on any atom is -0.394 e. The van der Waals surface area contributed by atoms with Crippen molar-refractivity contribution in [3.63, 3.8) is 0 Å². The summed E-state index contributed by atoms with van der Waals surface area (Å²) in [6.07, 6.45) is -4.88. The molecule has 3 saturated heterocycles. The van der Waals surface area contributed by atoms with Crippen LogP contribution in [0.3, 0.4) is 0 Å². The molecule has 0 bridgehead atoms. The SMILES string of the molecule is C=C1C[C@](OC)([C@H](OC)C(=O)N(C)[C@H]2OCO[C@H]3[C@@H]2O[C@H](C[C@@H](O)CO)C(C)(C)[C@@H]3OC)O[C@H](C)[C@@H]1C. The summed E-state index contributed by atoms with van der Waals surface area (Å²) in [4.78, 5) is 15.3. The minimum atomic E-state index is -1.36. The quantitative estimate of drug-likeness (QED) is 0.417. The monoisotopic (exact) mass is 531 g/mol. The molecular weight excluding hydrogens is 486 g/mol. The second-order valence-electron chi connectivity index (χ2n) is 11.0. The molecule has 0 spiro atoms. The van der Waals surface area contributed by atoms with Crippen LogP contribution in [-0.2, 0) is 38.0 Å². The number of carbonyl (C=O) groups excluding carboxylic acids is 1. The average molecular weight is 532 g/mol. The van der Waals surface area contributed by atoms with Crippen molar-refractivity contribution in [2.24, 2.45) is 11.3 Å². The number of aliphatic hydroxyl groups is 2. The van der Waals surface area contributed by atoms with Gasteiger partial charge in [0.15, 0.2) is 12.3 Å². The number of aliphatic hydroxyl groups excluding tert-OH is 2. The summed E-state index contributed by atoms with van der Waals surface area (Å²) in [7, 11) is 6.13. The van der Waals surface area contributed by atoms with Crippen molar-refractivity contribution >= 4 is 5.91 Å². The third-order valence-corrected chi connectivity index (χ3v) is 8.38. The molecule has 11 nitrogen and oxygen atoms in total. The number of methoxy groups -OCH3 is 3. The molecule has 37 heavy (non-hydrogen) atoms. The topological polar surface area (TPSA) is 125 Å². The second kappa shape index (κ2) is 11.9. The van der Waals surface area contributed by atoms with Crippen molar-refractivity contribution in [3.8, 4) is 0 Å². The normalized spacial score (nSPS) is 39.5. The van der Waals surface area contributed by atoms with Crippen LogP contribution in [0.15, 0.2) is 12.2 Å². The fourth-order valence-electron chi connectivity index (χ4n) is 5.79. The van der Waals surface area contributed by atoms with Gasteiger partial charge in [-0.1, -0.05) is 32.9 Å². The number of likely N-dealkylation sites (N-methyl/N-ethyl adjacent to an activating group) is 1. The van der Waals surface area contributed by atoms with E-state index < -0.39 is 66.6 Å². The molecule has 0 radical (unpaired) electrons. The van der Waals surface area contributed by atoms with Gasteiger partial charge >= 0.3 is 0 Å². The summed E-state index contributed by atoms with van der Waals surface area (Å²) < 4.78 is 41.9. The van der Waals surface area contributed by atoms with Gasteiger partial charge in [0, 0.05) is 52.6 Å². The first-order valence-corrected chi connectivity index (χ1v) is 12.8. The molecule has 0 saturated carbocycles. The van der Waals surface area contributed by atoms with Crippen LogP contribution in [0, 0.1) is 11.3 Å². The van der Waals surface area contributed by atoms with Gasteiger partial charge in [0.25, 0.3) is 5.91 Å². The van der Waals surface area contributed by atoms with Crippen LogP contribution >= 0.6 is 0 Å². The highest BCUT2D eigenvalue weighted by Gasteiger charge is 2.58. The largest absolute Gasteiger partial charge is 0.394 e. The molecular formula is C26H45NO10. The molecule has 0 unspecified atom stereocenters. The molecule has 2 N–H and O–H groups in total. The first-order chi connectivity index (χ1) is 17.4. The van der Waals surface area contributed by atoms with Crippen LogP contribution in [0.25, 0.3) is 0 Å². The van der Waals surface area contributed by atoms with E-state index in [2.05, 4.69) is 6.58 Å². The predicted molar refractivity (Wildman–Crippen MR) is 132 cm³/mol. The molecule has 3 aliphatic rings. The Hall–Kier alpha value is -1.15. The Balaban J connectivity index is 1.89. The summed E-state index contributed by atoms with van der Waals surface area (Å²) in [6.45, 7) is 11.6. The molecule has 0 aromatic carbocycles. The van der Waals surface area contributed by atoms with Gasteiger partial charge < -0.3 is 48.3 Å². The highest BCUT2D eigenvalue weighted by atomic mass is 16.7. The molecule has 10 atom stereocenters.